The number of methoxy groups -OCH3 is 1. The van der Waals surface area contributed by atoms with Crippen LogP contribution in [0.1, 0.15) is 18.1 Å². The van der Waals surface area contributed by atoms with Crippen LogP contribution in [0.3, 0.4) is 0 Å². The van der Waals surface area contributed by atoms with Crippen molar-refractivity contribution in [3.8, 4) is 23.0 Å². The first-order chi connectivity index (χ1) is 25.7. The maximum absolute atomic E-state index is 13.3. The Morgan fingerprint density at radius 3 is 2.22 bits per heavy atom. The van der Waals surface area contributed by atoms with Crippen LogP contribution in [0.25, 0.3) is 6.08 Å². The van der Waals surface area contributed by atoms with Crippen LogP contribution >= 0.6 is 0 Å². The molecule has 2 aromatic carbocycles. The Balaban J connectivity index is 1.42. The fraction of sp³-hybridized carbons (Fsp3) is 0.571. The molecular formula is C35H46O19. The van der Waals surface area contributed by atoms with Crippen molar-refractivity contribution < 1.29 is 93.8 Å². The summed E-state index contributed by atoms with van der Waals surface area (Å²) in [5.74, 6) is -1.72. The summed E-state index contributed by atoms with van der Waals surface area (Å²) in [5.41, 5.74) is 0.964. The van der Waals surface area contributed by atoms with Gasteiger partial charge in [0, 0.05) is 6.08 Å². The monoisotopic (exact) mass is 770 g/mol. The van der Waals surface area contributed by atoms with Gasteiger partial charge in [0.2, 0.25) is 0 Å². The quantitative estimate of drug-likeness (QED) is 0.0585. The number of aromatic hydroxyl groups is 3. The number of benzene rings is 2. The van der Waals surface area contributed by atoms with Gasteiger partial charge in [-0.2, -0.15) is 0 Å². The molecule has 2 aromatic rings. The molecule has 300 valence electrons. The Morgan fingerprint density at radius 1 is 0.778 bits per heavy atom. The van der Waals surface area contributed by atoms with Crippen molar-refractivity contribution >= 4 is 12.0 Å². The number of hydrogen-bond acceptors (Lipinski definition) is 19. The van der Waals surface area contributed by atoms with E-state index in [1.165, 1.54) is 56.5 Å². The van der Waals surface area contributed by atoms with Gasteiger partial charge in [-0.05, 0) is 54.8 Å². The van der Waals surface area contributed by atoms with Gasteiger partial charge in [0.1, 0.15) is 54.9 Å². The minimum atomic E-state index is -1.85. The molecule has 19 heteroatoms. The normalized spacial score (nSPS) is 35.9. The molecule has 5 rings (SSSR count). The van der Waals surface area contributed by atoms with Gasteiger partial charge in [0.05, 0.1) is 33.0 Å². The second kappa shape index (κ2) is 18.3. The third-order valence-electron chi connectivity index (χ3n) is 9.17. The van der Waals surface area contributed by atoms with E-state index in [1.54, 1.807) is 0 Å². The molecule has 19 nitrogen and oxygen atoms in total. The van der Waals surface area contributed by atoms with Gasteiger partial charge < -0.3 is 89.0 Å². The van der Waals surface area contributed by atoms with Crippen molar-refractivity contribution in [3.05, 3.63) is 53.6 Å². The average Bonchev–Trinajstić information content (AvgIpc) is 3.15. The Hall–Kier alpha value is -3.67. The first-order valence-corrected chi connectivity index (χ1v) is 17.0. The summed E-state index contributed by atoms with van der Waals surface area (Å²) in [5, 5.41) is 103. The maximum Gasteiger partial charge on any atom is 0.331 e. The highest BCUT2D eigenvalue weighted by atomic mass is 16.8. The lowest BCUT2D eigenvalue weighted by Crippen LogP contribution is -2.65. The molecule has 14 atom stereocenters. The molecule has 3 fully saturated rings. The molecule has 0 aliphatic carbocycles. The van der Waals surface area contributed by atoms with Gasteiger partial charge in [-0.1, -0.05) is 12.1 Å². The Morgan fingerprint density at radius 2 is 1.50 bits per heavy atom. The van der Waals surface area contributed by atoms with Crippen LogP contribution in [0.2, 0.25) is 0 Å². The minimum Gasteiger partial charge on any atom is -0.504 e. The predicted molar refractivity (Wildman–Crippen MR) is 179 cm³/mol. The number of phenolic OH excluding ortho intramolecular Hbond substituents is 3. The zero-order valence-corrected chi connectivity index (χ0v) is 29.2. The third-order valence-corrected chi connectivity index (χ3v) is 9.17. The second-order valence-electron chi connectivity index (χ2n) is 13.0. The molecule has 3 aliphatic rings. The zero-order valence-electron chi connectivity index (χ0n) is 29.2. The third kappa shape index (κ3) is 9.76. The topological polar surface area (TPSA) is 293 Å². The molecule has 0 unspecified atom stereocenters. The fourth-order valence-corrected chi connectivity index (χ4v) is 6.01. The molecule has 0 saturated carbocycles. The average molecular weight is 771 g/mol. The number of hydrogen-bond donors (Lipinski definition) is 10. The lowest BCUT2D eigenvalue weighted by atomic mass is 9.96. The van der Waals surface area contributed by atoms with E-state index in [0.29, 0.717) is 11.1 Å². The van der Waals surface area contributed by atoms with Crippen LogP contribution in [0.4, 0.5) is 0 Å². The van der Waals surface area contributed by atoms with E-state index in [9.17, 15) is 55.9 Å². The van der Waals surface area contributed by atoms with Gasteiger partial charge in [-0.15, -0.1) is 0 Å². The van der Waals surface area contributed by atoms with Crippen molar-refractivity contribution in [2.75, 3.05) is 26.9 Å². The molecular weight excluding hydrogens is 724 g/mol. The van der Waals surface area contributed by atoms with Gasteiger partial charge in [0.15, 0.2) is 48.0 Å². The molecule has 54 heavy (non-hydrogen) atoms. The van der Waals surface area contributed by atoms with Crippen LogP contribution in [0.15, 0.2) is 42.5 Å². The lowest BCUT2D eigenvalue weighted by Gasteiger charge is -2.47. The lowest BCUT2D eigenvalue weighted by molar-refractivity contribution is -0.362. The largest absolute Gasteiger partial charge is 0.504 e. The van der Waals surface area contributed by atoms with E-state index < -0.39 is 105 Å². The summed E-state index contributed by atoms with van der Waals surface area (Å²) in [6, 6.07) is 8.39. The van der Waals surface area contributed by atoms with Crippen molar-refractivity contribution in [3.63, 3.8) is 0 Å². The van der Waals surface area contributed by atoms with Crippen LogP contribution in [-0.4, -0.2) is 170 Å². The number of esters is 1. The van der Waals surface area contributed by atoms with Gasteiger partial charge in [0.25, 0.3) is 0 Å². The summed E-state index contributed by atoms with van der Waals surface area (Å²) < 4.78 is 45.4. The summed E-state index contributed by atoms with van der Waals surface area (Å²) in [4.78, 5) is 13.3. The number of carbonyl (C=O) groups excluding carboxylic acids is 1. The number of aliphatic hydroxyl groups is 7. The Bertz CT molecular complexity index is 1570. The van der Waals surface area contributed by atoms with Crippen LogP contribution in [0.5, 0.6) is 23.0 Å². The maximum atomic E-state index is 13.3. The molecule has 10 N–H and O–H groups in total. The van der Waals surface area contributed by atoms with E-state index >= 15 is 0 Å². The van der Waals surface area contributed by atoms with Gasteiger partial charge in [-0.25, -0.2) is 4.79 Å². The van der Waals surface area contributed by atoms with E-state index in [2.05, 4.69) is 0 Å². The number of phenols is 3. The molecule has 0 radical (unpaired) electrons. The number of carbonyl (C=O) groups is 1. The molecule has 3 aliphatic heterocycles. The van der Waals surface area contributed by atoms with Crippen LogP contribution < -0.4 is 4.74 Å². The van der Waals surface area contributed by atoms with E-state index in [-0.39, 0.29) is 36.0 Å². The molecule has 3 heterocycles. The standard InChI is InChI=1S/C35H46O19/c1-15-25(41)27(43)29(45)35(51-15)54-32-30(46)34(48-10-9-17-3-6-18(36)20(38)11-17)52-23(14-50-33-28(44)26(42)21(39)13-49-33)31(32)53-24(40)8-5-16-4-7-19(37)22(12-16)47-2/h3-8,11-12,15,21,23,25-39,41-46H,9-10,13-14H2,1-2H3/b8-5+/t15-,21-,23+,25-,26-,27+,28+,29+,30+,31+,32+,33-,34+,35-/m0/s1. The molecule has 0 spiro atoms. The molecule has 0 bridgehead atoms. The van der Waals surface area contributed by atoms with E-state index in [0.717, 1.165) is 6.08 Å². The summed E-state index contributed by atoms with van der Waals surface area (Å²) in [6.07, 6.45) is -19.6. The van der Waals surface area contributed by atoms with Crippen molar-refractivity contribution in [1.29, 1.82) is 0 Å². The van der Waals surface area contributed by atoms with Crippen molar-refractivity contribution in [1.82, 2.24) is 0 Å². The molecule has 0 amide bonds. The second-order valence-corrected chi connectivity index (χ2v) is 13.0. The summed E-state index contributed by atoms with van der Waals surface area (Å²) >= 11 is 0. The number of ether oxygens (including phenoxy) is 8. The smallest absolute Gasteiger partial charge is 0.331 e. The highest BCUT2D eigenvalue weighted by Crippen LogP contribution is 2.33. The molecule has 3 saturated heterocycles. The summed E-state index contributed by atoms with van der Waals surface area (Å²) in [7, 11) is 1.34. The Kier molecular flexibility index (Phi) is 14.1. The molecule has 0 aromatic heterocycles. The minimum absolute atomic E-state index is 0.130. The van der Waals surface area contributed by atoms with Crippen LogP contribution in [0, 0.1) is 0 Å². The van der Waals surface area contributed by atoms with E-state index in [4.69, 9.17) is 37.9 Å². The SMILES string of the molecule is COc1cc(/C=C/C(=O)O[C@H]2[C@H](O[C@@H]3O[C@@H](C)[C@H](O)[C@@H](O)[C@H]3O)[C@@H](O)[C@H](OCCc3ccc(O)c(O)c3)O[C@@H]2CO[C@@H]2OC[C@H](O)[C@H](O)[C@H]2O)ccc1O. The van der Waals surface area contributed by atoms with Gasteiger partial charge >= 0.3 is 5.97 Å². The highest BCUT2D eigenvalue weighted by molar-refractivity contribution is 5.87. The number of rotatable bonds is 13. The van der Waals surface area contributed by atoms with E-state index in [1.807, 2.05) is 0 Å². The van der Waals surface area contributed by atoms with Gasteiger partial charge in [-0.3, -0.25) is 0 Å². The first kappa shape index (κ1) is 41.5. The van der Waals surface area contributed by atoms with Crippen molar-refractivity contribution in [2.45, 2.75) is 99.4 Å². The Labute approximate surface area is 308 Å². The first-order valence-electron chi connectivity index (χ1n) is 17.0. The van der Waals surface area contributed by atoms with Crippen molar-refractivity contribution in [2.24, 2.45) is 0 Å². The summed E-state index contributed by atoms with van der Waals surface area (Å²) in [6.45, 7) is 0.285. The number of aliphatic hydroxyl groups excluding tert-OH is 7. The zero-order chi connectivity index (χ0) is 39.3. The predicted octanol–water partition coefficient (Wildman–Crippen LogP) is -2.25. The van der Waals surface area contributed by atoms with Crippen LogP contribution in [-0.2, 0) is 44.4 Å². The fourth-order valence-electron chi connectivity index (χ4n) is 6.01. The highest BCUT2D eigenvalue weighted by Gasteiger charge is 2.53.